The van der Waals surface area contributed by atoms with Gasteiger partial charge in [0.05, 0.1) is 12.2 Å². The molecule has 1 amide bonds. The number of carbonyl (C=O) groups excluding carboxylic acids is 1. The SMILES string of the molecule is O=C(c1ccc(Br)cc1O)N1CCCOCC1. The van der Waals surface area contributed by atoms with Crippen molar-refractivity contribution in [3.05, 3.63) is 28.2 Å². The quantitative estimate of drug-likeness (QED) is 0.863. The molecule has 1 aromatic carbocycles. The number of phenolic OH excluding ortho intramolecular Hbond substituents is 1. The molecule has 0 saturated carbocycles. The van der Waals surface area contributed by atoms with Gasteiger partial charge in [-0.2, -0.15) is 0 Å². The average molecular weight is 300 g/mol. The monoisotopic (exact) mass is 299 g/mol. The Morgan fingerprint density at radius 1 is 1.35 bits per heavy atom. The lowest BCUT2D eigenvalue weighted by Crippen LogP contribution is -2.33. The van der Waals surface area contributed by atoms with Crippen molar-refractivity contribution in [2.24, 2.45) is 0 Å². The van der Waals surface area contributed by atoms with E-state index >= 15 is 0 Å². The minimum absolute atomic E-state index is 0.00883. The number of rotatable bonds is 1. The third-order valence-electron chi connectivity index (χ3n) is 2.70. The molecular weight excluding hydrogens is 286 g/mol. The molecule has 1 fully saturated rings. The Kier molecular flexibility index (Phi) is 4.02. The minimum Gasteiger partial charge on any atom is -0.507 e. The van der Waals surface area contributed by atoms with Gasteiger partial charge in [0, 0.05) is 24.2 Å². The first kappa shape index (κ1) is 12.4. The molecule has 0 aromatic heterocycles. The van der Waals surface area contributed by atoms with Crippen LogP contribution in [-0.2, 0) is 4.74 Å². The van der Waals surface area contributed by atoms with Gasteiger partial charge in [0.1, 0.15) is 5.75 Å². The summed E-state index contributed by atoms with van der Waals surface area (Å²) >= 11 is 3.25. The summed E-state index contributed by atoms with van der Waals surface area (Å²) in [6.07, 6.45) is 0.836. The number of nitrogens with zero attached hydrogens (tertiary/aromatic N) is 1. The standard InChI is InChI=1S/C12H14BrNO3/c13-9-2-3-10(11(15)8-9)12(16)14-4-1-6-17-7-5-14/h2-3,8,15H,1,4-7H2. The summed E-state index contributed by atoms with van der Waals surface area (Å²) in [4.78, 5) is 13.9. The molecule has 1 aliphatic rings. The van der Waals surface area contributed by atoms with Gasteiger partial charge in [0.15, 0.2) is 0 Å². The van der Waals surface area contributed by atoms with Crippen LogP contribution in [0.4, 0.5) is 0 Å². The van der Waals surface area contributed by atoms with Crippen LogP contribution in [0.1, 0.15) is 16.8 Å². The van der Waals surface area contributed by atoms with Crippen molar-refractivity contribution >= 4 is 21.8 Å². The average Bonchev–Trinajstić information content (AvgIpc) is 2.56. The molecule has 17 heavy (non-hydrogen) atoms. The van der Waals surface area contributed by atoms with Crippen molar-refractivity contribution in [3.8, 4) is 5.75 Å². The van der Waals surface area contributed by atoms with Crippen LogP contribution >= 0.6 is 15.9 Å². The van der Waals surface area contributed by atoms with Crippen LogP contribution in [0.2, 0.25) is 0 Å². The largest absolute Gasteiger partial charge is 0.507 e. The molecule has 1 heterocycles. The first-order valence-electron chi connectivity index (χ1n) is 5.54. The van der Waals surface area contributed by atoms with Crippen LogP contribution in [0.15, 0.2) is 22.7 Å². The van der Waals surface area contributed by atoms with Crippen molar-refractivity contribution in [1.82, 2.24) is 4.90 Å². The topological polar surface area (TPSA) is 49.8 Å². The highest BCUT2D eigenvalue weighted by Crippen LogP contribution is 2.23. The van der Waals surface area contributed by atoms with Crippen molar-refractivity contribution in [3.63, 3.8) is 0 Å². The number of phenols is 1. The Hall–Kier alpha value is -1.07. The summed E-state index contributed by atoms with van der Waals surface area (Å²) < 4.78 is 6.05. The molecule has 92 valence electrons. The number of amides is 1. The van der Waals surface area contributed by atoms with E-state index < -0.39 is 0 Å². The Labute approximate surface area is 108 Å². The van der Waals surface area contributed by atoms with Gasteiger partial charge in [-0.05, 0) is 24.6 Å². The third kappa shape index (κ3) is 2.98. The minimum atomic E-state index is -0.138. The number of benzene rings is 1. The molecule has 0 bridgehead atoms. The highest BCUT2D eigenvalue weighted by molar-refractivity contribution is 9.10. The molecule has 1 aliphatic heterocycles. The molecular formula is C12H14BrNO3. The molecule has 1 saturated heterocycles. The molecule has 4 nitrogen and oxygen atoms in total. The van der Waals surface area contributed by atoms with Crippen LogP contribution in [-0.4, -0.2) is 42.2 Å². The van der Waals surface area contributed by atoms with Crippen LogP contribution in [0.3, 0.4) is 0 Å². The molecule has 5 heteroatoms. The summed E-state index contributed by atoms with van der Waals surface area (Å²) in [7, 11) is 0. The summed E-state index contributed by atoms with van der Waals surface area (Å²) in [6.45, 7) is 2.50. The van der Waals surface area contributed by atoms with E-state index in [0.717, 1.165) is 10.9 Å². The fourth-order valence-electron chi connectivity index (χ4n) is 1.81. The fraction of sp³-hybridized carbons (Fsp3) is 0.417. The zero-order valence-electron chi connectivity index (χ0n) is 9.36. The lowest BCUT2D eigenvalue weighted by atomic mass is 10.1. The Balaban J connectivity index is 2.17. The summed E-state index contributed by atoms with van der Waals surface area (Å²) in [5.41, 5.74) is 0.343. The van der Waals surface area contributed by atoms with Crippen LogP contribution < -0.4 is 0 Å². The maximum Gasteiger partial charge on any atom is 0.257 e. The number of ether oxygens (including phenoxy) is 1. The second-order valence-electron chi connectivity index (χ2n) is 3.92. The predicted molar refractivity (Wildman–Crippen MR) is 67.1 cm³/mol. The molecule has 0 atom stereocenters. The second-order valence-corrected chi connectivity index (χ2v) is 4.84. The zero-order chi connectivity index (χ0) is 12.3. The number of aromatic hydroxyl groups is 1. The number of hydrogen-bond donors (Lipinski definition) is 1. The maximum atomic E-state index is 12.2. The van der Waals surface area contributed by atoms with E-state index in [2.05, 4.69) is 15.9 Å². The third-order valence-corrected chi connectivity index (χ3v) is 3.19. The molecule has 0 radical (unpaired) electrons. The van der Waals surface area contributed by atoms with Crippen molar-refractivity contribution in [2.75, 3.05) is 26.3 Å². The van der Waals surface area contributed by atoms with E-state index in [1.807, 2.05) is 0 Å². The van der Waals surface area contributed by atoms with E-state index in [1.54, 1.807) is 17.0 Å². The van der Waals surface area contributed by atoms with Crippen LogP contribution in [0.25, 0.3) is 0 Å². The van der Waals surface area contributed by atoms with E-state index in [-0.39, 0.29) is 11.7 Å². The maximum absolute atomic E-state index is 12.2. The van der Waals surface area contributed by atoms with E-state index in [4.69, 9.17) is 4.74 Å². The van der Waals surface area contributed by atoms with Gasteiger partial charge in [-0.1, -0.05) is 15.9 Å². The molecule has 0 aliphatic carbocycles. The number of halogens is 1. The number of carbonyl (C=O) groups is 1. The zero-order valence-corrected chi connectivity index (χ0v) is 10.9. The highest BCUT2D eigenvalue weighted by atomic mass is 79.9. The Morgan fingerprint density at radius 2 is 2.18 bits per heavy atom. The van der Waals surface area contributed by atoms with Gasteiger partial charge < -0.3 is 14.7 Å². The highest BCUT2D eigenvalue weighted by Gasteiger charge is 2.20. The van der Waals surface area contributed by atoms with Crippen molar-refractivity contribution < 1.29 is 14.6 Å². The van der Waals surface area contributed by atoms with E-state index in [0.29, 0.717) is 31.9 Å². The van der Waals surface area contributed by atoms with Crippen molar-refractivity contribution in [2.45, 2.75) is 6.42 Å². The lowest BCUT2D eigenvalue weighted by molar-refractivity contribution is 0.0738. The van der Waals surface area contributed by atoms with Gasteiger partial charge in [0.25, 0.3) is 5.91 Å². The second kappa shape index (κ2) is 5.51. The van der Waals surface area contributed by atoms with E-state index in [9.17, 15) is 9.90 Å². The van der Waals surface area contributed by atoms with Crippen molar-refractivity contribution in [1.29, 1.82) is 0 Å². The normalized spacial score (nSPS) is 16.6. The van der Waals surface area contributed by atoms with Crippen LogP contribution in [0, 0.1) is 0 Å². The summed E-state index contributed by atoms with van der Waals surface area (Å²) in [5, 5.41) is 9.75. The molecule has 0 unspecified atom stereocenters. The molecule has 0 spiro atoms. The first-order chi connectivity index (χ1) is 8.18. The van der Waals surface area contributed by atoms with Gasteiger partial charge >= 0.3 is 0 Å². The smallest absolute Gasteiger partial charge is 0.257 e. The van der Waals surface area contributed by atoms with Gasteiger partial charge in [0.2, 0.25) is 0 Å². The Bertz CT molecular complexity index is 414. The van der Waals surface area contributed by atoms with Gasteiger partial charge in [-0.15, -0.1) is 0 Å². The molecule has 1 aromatic rings. The number of hydrogen-bond acceptors (Lipinski definition) is 3. The van der Waals surface area contributed by atoms with E-state index in [1.165, 1.54) is 6.07 Å². The first-order valence-corrected chi connectivity index (χ1v) is 6.33. The fourth-order valence-corrected chi connectivity index (χ4v) is 2.15. The lowest BCUT2D eigenvalue weighted by Gasteiger charge is -2.20. The predicted octanol–water partition coefficient (Wildman–Crippen LogP) is 2.02. The summed E-state index contributed by atoms with van der Waals surface area (Å²) in [6, 6.07) is 4.91. The van der Waals surface area contributed by atoms with Gasteiger partial charge in [-0.3, -0.25) is 4.79 Å². The Morgan fingerprint density at radius 3 is 2.94 bits per heavy atom. The summed E-state index contributed by atoms with van der Waals surface area (Å²) in [5.74, 6) is -0.130. The van der Waals surface area contributed by atoms with Crippen LogP contribution in [0.5, 0.6) is 5.75 Å². The van der Waals surface area contributed by atoms with Gasteiger partial charge in [-0.25, -0.2) is 0 Å². The molecule has 1 N–H and O–H groups in total. The molecule has 2 rings (SSSR count).